The van der Waals surface area contributed by atoms with Crippen molar-refractivity contribution < 1.29 is 14.6 Å². The summed E-state index contributed by atoms with van der Waals surface area (Å²) in [6.45, 7) is 6.14. The van der Waals surface area contributed by atoms with Gasteiger partial charge < -0.3 is 25.4 Å². The smallest absolute Gasteiger partial charge is 0.248 e. The van der Waals surface area contributed by atoms with Crippen LogP contribution in [-0.4, -0.2) is 94.9 Å². The van der Waals surface area contributed by atoms with E-state index in [1.165, 1.54) is 4.88 Å². The first-order valence-electron chi connectivity index (χ1n) is 11.1. The lowest BCUT2D eigenvalue weighted by Gasteiger charge is -2.34. The van der Waals surface area contributed by atoms with Gasteiger partial charge in [-0.1, -0.05) is 0 Å². The molecule has 3 N–H and O–H groups in total. The molecule has 0 spiro atoms. The summed E-state index contributed by atoms with van der Waals surface area (Å²) >= 11 is 1.68. The second-order valence-electron chi connectivity index (χ2n) is 8.19. The molecule has 33 heavy (non-hydrogen) atoms. The largest absolute Gasteiger partial charge is 0.387 e. The number of fused-ring (bicyclic) bond motifs is 1. The molecule has 174 valence electrons. The maximum absolute atomic E-state index is 11.7. The maximum atomic E-state index is 11.7. The number of ether oxygens (including phenoxy) is 1. The number of nitrogens with two attached hydrogens (primary N) is 1. The van der Waals surface area contributed by atoms with E-state index in [1.54, 1.807) is 28.5 Å². The van der Waals surface area contributed by atoms with E-state index in [9.17, 15) is 4.79 Å². The van der Waals surface area contributed by atoms with Crippen LogP contribution in [0.3, 0.4) is 0 Å². The van der Waals surface area contributed by atoms with Crippen molar-refractivity contribution in [3.05, 3.63) is 29.3 Å². The number of rotatable bonds is 5. The van der Waals surface area contributed by atoms with Crippen LogP contribution in [0, 0.1) is 0 Å². The number of nitrogen functional groups attached to an aromatic ring is 1. The fourth-order valence-corrected chi connectivity index (χ4v) is 5.26. The van der Waals surface area contributed by atoms with Crippen LogP contribution >= 0.6 is 11.3 Å². The predicted octanol–water partition coefficient (Wildman–Crippen LogP) is 0.809. The molecule has 1 amide bonds. The molecular formula is C22H27N7O3S. The third-order valence-corrected chi connectivity index (χ3v) is 7.03. The fraction of sp³-hybridized carbons (Fsp3) is 0.455. The summed E-state index contributed by atoms with van der Waals surface area (Å²) in [7, 11) is 0. The highest BCUT2D eigenvalue weighted by Gasteiger charge is 2.23. The number of thiophene rings is 1. The van der Waals surface area contributed by atoms with Crippen molar-refractivity contribution in [1.82, 2.24) is 24.8 Å². The molecule has 11 heteroatoms. The average molecular weight is 470 g/mol. The number of hydrogen-bond acceptors (Lipinski definition) is 10. The second-order valence-corrected chi connectivity index (χ2v) is 9.30. The number of carbonyl (C=O) groups excluding carboxylic acids is 1. The first-order valence-corrected chi connectivity index (χ1v) is 11.9. The van der Waals surface area contributed by atoms with E-state index in [4.69, 9.17) is 25.5 Å². The summed E-state index contributed by atoms with van der Waals surface area (Å²) < 4.78 is 5.54. The lowest BCUT2D eigenvalue weighted by molar-refractivity contribution is -0.135. The van der Waals surface area contributed by atoms with Crippen LogP contribution in [0.25, 0.3) is 21.6 Å². The summed E-state index contributed by atoms with van der Waals surface area (Å²) in [5, 5.41) is 10.1. The van der Waals surface area contributed by atoms with Crippen molar-refractivity contribution in [3.63, 3.8) is 0 Å². The van der Waals surface area contributed by atoms with E-state index in [1.807, 2.05) is 6.07 Å². The predicted molar refractivity (Wildman–Crippen MR) is 127 cm³/mol. The molecular weight excluding hydrogens is 442 g/mol. The molecule has 2 aliphatic rings. The Morgan fingerprint density at radius 3 is 2.61 bits per heavy atom. The first kappa shape index (κ1) is 22.0. The fourth-order valence-electron chi connectivity index (χ4n) is 4.19. The average Bonchev–Trinajstić information content (AvgIpc) is 3.26. The maximum Gasteiger partial charge on any atom is 0.248 e. The minimum atomic E-state index is -0.425. The number of nitrogens with zero attached hydrogens (tertiary/aromatic N) is 6. The molecule has 3 aromatic rings. The van der Waals surface area contributed by atoms with Crippen LogP contribution in [0.2, 0.25) is 0 Å². The van der Waals surface area contributed by atoms with Gasteiger partial charge in [0.25, 0.3) is 0 Å². The van der Waals surface area contributed by atoms with Crippen LogP contribution in [0.15, 0.2) is 24.4 Å². The Bertz CT molecular complexity index is 1120. The number of piperazine rings is 1. The highest BCUT2D eigenvalue weighted by atomic mass is 32.1. The van der Waals surface area contributed by atoms with Crippen LogP contribution in [0.4, 0.5) is 11.6 Å². The molecule has 3 aromatic heterocycles. The zero-order chi connectivity index (χ0) is 22.8. The first-order chi connectivity index (χ1) is 16.1. The Morgan fingerprint density at radius 1 is 1.12 bits per heavy atom. The van der Waals surface area contributed by atoms with Crippen molar-refractivity contribution in [3.8, 4) is 11.4 Å². The van der Waals surface area contributed by atoms with Gasteiger partial charge in [-0.3, -0.25) is 9.69 Å². The summed E-state index contributed by atoms with van der Waals surface area (Å²) in [4.78, 5) is 34.2. The van der Waals surface area contributed by atoms with E-state index in [0.717, 1.165) is 54.3 Å². The molecule has 5 rings (SSSR count). The quantitative estimate of drug-likeness (QED) is 0.559. The SMILES string of the molecule is Nc1ccc(-c2nc(N3CCOCC3)c3cc(CN4CCN(C(=O)CO)CC4)sc3n2)cn1. The van der Waals surface area contributed by atoms with Gasteiger partial charge >= 0.3 is 0 Å². The van der Waals surface area contributed by atoms with Crippen molar-refractivity contribution in [2.75, 3.05) is 69.7 Å². The Hall–Kier alpha value is -2.86. The van der Waals surface area contributed by atoms with Gasteiger partial charge in [0.1, 0.15) is 23.1 Å². The van der Waals surface area contributed by atoms with Gasteiger partial charge in [0.2, 0.25) is 5.91 Å². The van der Waals surface area contributed by atoms with E-state index in [2.05, 4.69) is 20.9 Å². The van der Waals surface area contributed by atoms with Gasteiger partial charge in [-0.2, -0.15) is 0 Å². The Balaban J connectivity index is 1.43. The zero-order valence-corrected chi connectivity index (χ0v) is 19.1. The van der Waals surface area contributed by atoms with Gasteiger partial charge in [-0.25, -0.2) is 15.0 Å². The molecule has 2 saturated heterocycles. The van der Waals surface area contributed by atoms with Gasteiger partial charge in [-0.05, 0) is 18.2 Å². The number of hydrogen-bond donors (Lipinski definition) is 2. The number of pyridine rings is 1. The van der Waals surface area contributed by atoms with Gasteiger partial charge in [0, 0.05) is 62.5 Å². The Kier molecular flexibility index (Phi) is 6.36. The van der Waals surface area contributed by atoms with Gasteiger partial charge in [0.05, 0.1) is 18.6 Å². The topological polar surface area (TPSA) is 121 Å². The normalized spacial score (nSPS) is 17.6. The molecule has 5 heterocycles. The van der Waals surface area contributed by atoms with Crippen molar-refractivity contribution in [1.29, 1.82) is 0 Å². The molecule has 0 aromatic carbocycles. The van der Waals surface area contributed by atoms with E-state index >= 15 is 0 Å². The highest BCUT2D eigenvalue weighted by Crippen LogP contribution is 2.34. The third kappa shape index (κ3) is 4.76. The van der Waals surface area contributed by atoms with Crippen molar-refractivity contribution in [2.24, 2.45) is 0 Å². The number of morpholine rings is 1. The number of aliphatic hydroxyl groups is 1. The second kappa shape index (κ2) is 9.56. The van der Waals surface area contributed by atoms with Crippen LogP contribution < -0.4 is 10.6 Å². The van der Waals surface area contributed by atoms with Gasteiger partial charge in [-0.15, -0.1) is 11.3 Å². The number of amides is 1. The standard InChI is InChI=1S/C22H27N7O3S/c23-18-2-1-15(12-24-18)20-25-21(29-7-9-32-10-8-29)17-11-16(33-22(17)26-20)13-27-3-5-28(6-4-27)19(31)14-30/h1-2,11-12,30H,3-10,13-14H2,(H2,23,24). The third-order valence-electron chi connectivity index (χ3n) is 6.02. The van der Waals surface area contributed by atoms with Crippen LogP contribution in [0.1, 0.15) is 4.88 Å². The molecule has 10 nitrogen and oxygen atoms in total. The van der Waals surface area contributed by atoms with E-state index < -0.39 is 6.61 Å². The van der Waals surface area contributed by atoms with Gasteiger partial charge in [0.15, 0.2) is 5.82 Å². The van der Waals surface area contributed by atoms with Crippen molar-refractivity contribution in [2.45, 2.75) is 6.54 Å². The monoisotopic (exact) mass is 469 g/mol. The minimum Gasteiger partial charge on any atom is -0.387 e. The molecule has 0 saturated carbocycles. The number of aromatic nitrogens is 3. The summed E-state index contributed by atoms with van der Waals surface area (Å²) in [6, 6.07) is 5.85. The van der Waals surface area contributed by atoms with Crippen molar-refractivity contribution >= 4 is 39.1 Å². The molecule has 0 unspecified atom stereocenters. The Labute approximate surface area is 195 Å². The molecule has 0 aliphatic carbocycles. The Morgan fingerprint density at radius 2 is 1.91 bits per heavy atom. The highest BCUT2D eigenvalue weighted by molar-refractivity contribution is 7.18. The van der Waals surface area contributed by atoms with Crippen LogP contribution in [0.5, 0.6) is 0 Å². The minimum absolute atomic E-state index is 0.202. The lowest BCUT2D eigenvalue weighted by atomic mass is 10.2. The summed E-state index contributed by atoms with van der Waals surface area (Å²) in [6.07, 6.45) is 1.71. The number of anilines is 2. The lowest BCUT2D eigenvalue weighted by Crippen LogP contribution is -2.49. The van der Waals surface area contributed by atoms with E-state index in [0.29, 0.717) is 37.9 Å². The molecule has 0 atom stereocenters. The summed E-state index contributed by atoms with van der Waals surface area (Å²) in [5.41, 5.74) is 6.59. The number of carbonyl (C=O) groups is 1. The van der Waals surface area contributed by atoms with Crippen LogP contribution in [-0.2, 0) is 16.1 Å². The zero-order valence-electron chi connectivity index (χ0n) is 18.3. The summed E-state index contributed by atoms with van der Waals surface area (Å²) in [5.74, 6) is 1.83. The molecule has 2 aliphatic heterocycles. The number of aliphatic hydroxyl groups excluding tert-OH is 1. The molecule has 2 fully saturated rings. The molecule has 0 bridgehead atoms. The van der Waals surface area contributed by atoms with E-state index in [-0.39, 0.29) is 5.91 Å². The molecule has 0 radical (unpaired) electrons.